The van der Waals surface area contributed by atoms with Gasteiger partial charge in [-0.2, -0.15) is 0 Å². The van der Waals surface area contributed by atoms with Crippen molar-refractivity contribution in [2.75, 3.05) is 12.4 Å². The van der Waals surface area contributed by atoms with E-state index in [1.165, 1.54) is 17.7 Å². The highest BCUT2D eigenvalue weighted by Gasteiger charge is 2.24. The van der Waals surface area contributed by atoms with E-state index in [0.717, 1.165) is 5.75 Å². The van der Waals surface area contributed by atoms with Gasteiger partial charge in [0, 0.05) is 35.1 Å². The Morgan fingerprint density at radius 3 is 2.80 bits per heavy atom. The predicted octanol–water partition coefficient (Wildman–Crippen LogP) is 1.29. The van der Waals surface area contributed by atoms with Gasteiger partial charge in [-0.05, 0) is 25.0 Å². The second kappa shape index (κ2) is 5.49. The molecular formula is C11H16N2OS. The lowest BCUT2D eigenvalue weighted by atomic mass is 10.3. The lowest BCUT2D eigenvalue weighted by Crippen LogP contribution is -2.36. The Morgan fingerprint density at radius 2 is 2.20 bits per heavy atom. The standard InChI is InChI=1S/C11H16N2OS/c14-7-10(13-9-1-2-9)8-15-11-3-5-12-6-4-11/h3-6,9-10,13-14H,1-2,7-8H2. The SMILES string of the molecule is OCC(CSc1ccncc1)NC1CC1. The van der Waals surface area contributed by atoms with Crippen molar-refractivity contribution in [2.45, 2.75) is 29.8 Å². The van der Waals surface area contributed by atoms with Gasteiger partial charge >= 0.3 is 0 Å². The van der Waals surface area contributed by atoms with Crippen LogP contribution in [-0.4, -0.2) is 34.5 Å². The average Bonchev–Trinajstić information content (AvgIpc) is 3.09. The van der Waals surface area contributed by atoms with E-state index in [-0.39, 0.29) is 12.6 Å². The second-order valence-corrected chi connectivity index (χ2v) is 4.91. The van der Waals surface area contributed by atoms with Gasteiger partial charge in [0.25, 0.3) is 0 Å². The predicted molar refractivity (Wildman–Crippen MR) is 62.0 cm³/mol. The molecule has 0 spiro atoms. The number of aromatic nitrogens is 1. The molecule has 1 unspecified atom stereocenters. The Bertz CT molecular complexity index is 290. The Morgan fingerprint density at radius 1 is 1.47 bits per heavy atom. The molecule has 1 aliphatic rings. The van der Waals surface area contributed by atoms with Crippen LogP contribution in [-0.2, 0) is 0 Å². The van der Waals surface area contributed by atoms with Crippen molar-refractivity contribution in [1.29, 1.82) is 0 Å². The van der Waals surface area contributed by atoms with E-state index in [4.69, 9.17) is 0 Å². The Kier molecular flexibility index (Phi) is 4.00. The lowest BCUT2D eigenvalue weighted by Gasteiger charge is -2.15. The van der Waals surface area contributed by atoms with Crippen LogP contribution in [0, 0.1) is 0 Å². The molecule has 1 saturated carbocycles. The molecular weight excluding hydrogens is 208 g/mol. The van der Waals surface area contributed by atoms with E-state index in [1.54, 1.807) is 24.2 Å². The number of aliphatic hydroxyl groups excluding tert-OH is 1. The third kappa shape index (κ3) is 3.81. The fourth-order valence-corrected chi connectivity index (χ4v) is 2.28. The lowest BCUT2D eigenvalue weighted by molar-refractivity contribution is 0.253. The van der Waals surface area contributed by atoms with Gasteiger partial charge in [-0.1, -0.05) is 0 Å². The van der Waals surface area contributed by atoms with E-state index in [2.05, 4.69) is 10.3 Å². The summed E-state index contributed by atoms with van der Waals surface area (Å²) in [6.07, 6.45) is 6.11. The van der Waals surface area contributed by atoms with Gasteiger partial charge in [0.05, 0.1) is 6.61 Å². The molecule has 0 saturated heterocycles. The van der Waals surface area contributed by atoms with Crippen LogP contribution in [0.1, 0.15) is 12.8 Å². The van der Waals surface area contributed by atoms with Crippen LogP contribution in [0.25, 0.3) is 0 Å². The average molecular weight is 224 g/mol. The van der Waals surface area contributed by atoms with Crippen LogP contribution >= 0.6 is 11.8 Å². The molecule has 82 valence electrons. The number of thioether (sulfide) groups is 1. The summed E-state index contributed by atoms with van der Waals surface area (Å²) in [6.45, 7) is 0.217. The summed E-state index contributed by atoms with van der Waals surface area (Å²) in [5, 5.41) is 12.6. The number of aliphatic hydroxyl groups is 1. The van der Waals surface area contributed by atoms with Gasteiger partial charge in [0.1, 0.15) is 0 Å². The molecule has 4 heteroatoms. The maximum absolute atomic E-state index is 9.19. The molecule has 2 rings (SSSR count). The van der Waals surface area contributed by atoms with E-state index in [1.807, 2.05) is 12.1 Å². The van der Waals surface area contributed by atoms with Crippen LogP contribution in [0.4, 0.5) is 0 Å². The fraction of sp³-hybridized carbons (Fsp3) is 0.545. The molecule has 0 aliphatic heterocycles. The fourth-order valence-electron chi connectivity index (χ4n) is 1.37. The molecule has 2 N–H and O–H groups in total. The quantitative estimate of drug-likeness (QED) is 0.715. The van der Waals surface area contributed by atoms with Gasteiger partial charge in [0.2, 0.25) is 0 Å². The first kappa shape index (κ1) is 10.9. The summed E-state index contributed by atoms with van der Waals surface area (Å²) in [5.74, 6) is 0.914. The van der Waals surface area contributed by atoms with Gasteiger partial charge in [-0.3, -0.25) is 4.98 Å². The van der Waals surface area contributed by atoms with Crippen LogP contribution in [0.2, 0.25) is 0 Å². The smallest absolute Gasteiger partial charge is 0.0592 e. The monoisotopic (exact) mass is 224 g/mol. The van der Waals surface area contributed by atoms with Crippen LogP contribution in [0.3, 0.4) is 0 Å². The molecule has 1 aliphatic carbocycles. The summed E-state index contributed by atoms with van der Waals surface area (Å²) in [4.78, 5) is 5.18. The van der Waals surface area contributed by atoms with Crippen molar-refractivity contribution in [2.24, 2.45) is 0 Å². The van der Waals surface area contributed by atoms with Gasteiger partial charge in [0.15, 0.2) is 0 Å². The van der Waals surface area contributed by atoms with Gasteiger partial charge < -0.3 is 10.4 Å². The molecule has 0 amide bonds. The van der Waals surface area contributed by atoms with Gasteiger partial charge in [-0.25, -0.2) is 0 Å². The number of nitrogens with zero attached hydrogens (tertiary/aromatic N) is 1. The highest BCUT2D eigenvalue weighted by atomic mass is 32.2. The molecule has 15 heavy (non-hydrogen) atoms. The van der Waals surface area contributed by atoms with Gasteiger partial charge in [-0.15, -0.1) is 11.8 Å². The van der Waals surface area contributed by atoms with E-state index in [9.17, 15) is 5.11 Å². The first-order chi connectivity index (χ1) is 7.38. The maximum Gasteiger partial charge on any atom is 0.0592 e. The normalized spacial score (nSPS) is 17.7. The zero-order valence-corrected chi connectivity index (χ0v) is 9.41. The topological polar surface area (TPSA) is 45.2 Å². The van der Waals surface area contributed by atoms with E-state index >= 15 is 0 Å². The molecule has 0 radical (unpaired) electrons. The number of pyridine rings is 1. The Hall–Kier alpha value is -0.580. The van der Waals surface area contributed by atoms with Crippen LogP contribution in [0.5, 0.6) is 0 Å². The minimum absolute atomic E-state index is 0.217. The molecule has 1 heterocycles. The summed E-state index contributed by atoms with van der Waals surface area (Å²) < 4.78 is 0. The third-order valence-corrected chi connectivity index (χ3v) is 3.54. The maximum atomic E-state index is 9.19. The minimum atomic E-state index is 0.217. The van der Waals surface area contributed by atoms with Crippen molar-refractivity contribution < 1.29 is 5.11 Å². The third-order valence-electron chi connectivity index (χ3n) is 2.37. The molecule has 1 fully saturated rings. The first-order valence-electron chi connectivity index (χ1n) is 5.28. The van der Waals surface area contributed by atoms with E-state index < -0.39 is 0 Å². The zero-order chi connectivity index (χ0) is 10.5. The largest absolute Gasteiger partial charge is 0.395 e. The Labute approximate surface area is 94.3 Å². The molecule has 1 aromatic heterocycles. The second-order valence-electron chi connectivity index (χ2n) is 3.81. The minimum Gasteiger partial charge on any atom is -0.395 e. The zero-order valence-electron chi connectivity index (χ0n) is 8.60. The number of rotatable bonds is 6. The summed E-state index contributed by atoms with van der Waals surface area (Å²) in [6, 6.07) is 4.86. The number of hydrogen-bond donors (Lipinski definition) is 2. The van der Waals surface area contributed by atoms with Crippen molar-refractivity contribution in [3.05, 3.63) is 24.5 Å². The van der Waals surface area contributed by atoms with Crippen molar-refractivity contribution in [1.82, 2.24) is 10.3 Å². The molecule has 1 aromatic rings. The molecule has 0 bridgehead atoms. The van der Waals surface area contributed by atoms with E-state index in [0.29, 0.717) is 6.04 Å². The highest BCUT2D eigenvalue weighted by molar-refractivity contribution is 7.99. The summed E-state index contributed by atoms with van der Waals surface area (Å²) >= 11 is 1.76. The molecule has 3 nitrogen and oxygen atoms in total. The summed E-state index contributed by atoms with van der Waals surface area (Å²) in [5.41, 5.74) is 0. The van der Waals surface area contributed by atoms with Crippen LogP contribution < -0.4 is 5.32 Å². The molecule has 1 atom stereocenters. The first-order valence-corrected chi connectivity index (χ1v) is 6.27. The van der Waals surface area contributed by atoms with Crippen LogP contribution in [0.15, 0.2) is 29.4 Å². The van der Waals surface area contributed by atoms with Crippen molar-refractivity contribution in [3.63, 3.8) is 0 Å². The number of hydrogen-bond acceptors (Lipinski definition) is 4. The Balaban J connectivity index is 1.75. The summed E-state index contributed by atoms with van der Waals surface area (Å²) in [7, 11) is 0. The molecule has 0 aromatic carbocycles. The highest BCUT2D eigenvalue weighted by Crippen LogP contribution is 2.22. The van der Waals surface area contributed by atoms with Crippen molar-refractivity contribution in [3.8, 4) is 0 Å². The number of nitrogens with one attached hydrogen (secondary N) is 1. The van der Waals surface area contributed by atoms with Crippen molar-refractivity contribution >= 4 is 11.8 Å².